The number of carbonyl (C=O) groups is 2. The molecule has 0 aliphatic carbocycles. The van der Waals surface area contributed by atoms with Crippen LogP contribution in [0, 0.1) is 5.92 Å². The molecule has 2 atom stereocenters. The van der Waals surface area contributed by atoms with Gasteiger partial charge >= 0.3 is 84.6 Å². The number of nitrogens with zero attached hydrogens (tertiary/aromatic N) is 1. The van der Waals surface area contributed by atoms with E-state index >= 15 is 0 Å². The Kier molecular flexibility index (Phi) is 4.14. The minimum absolute atomic E-state index is 0.176. The standard InChI is InChI=1S/C8H11BNO3P/c1-5(4-9-10-14)2-6-3-7(11)13-8(6)12/h6H,1-4,14H2. The molecule has 14 heavy (non-hydrogen) atoms. The third-order valence-electron chi connectivity index (χ3n) is 1.98. The number of allylic oxidation sites excluding steroid dienone is 1. The van der Waals surface area contributed by atoms with Gasteiger partial charge in [0, 0.05) is 0 Å². The van der Waals surface area contributed by atoms with Gasteiger partial charge in [0.2, 0.25) is 0 Å². The molecule has 0 N–H and O–H groups in total. The van der Waals surface area contributed by atoms with Gasteiger partial charge in [0.1, 0.15) is 0 Å². The topological polar surface area (TPSA) is 55.7 Å². The fraction of sp³-hybridized carbons (Fsp3) is 0.500. The summed E-state index contributed by atoms with van der Waals surface area (Å²) in [6, 6.07) is 0. The van der Waals surface area contributed by atoms with Gasteiger partial charge in [-0.15, -0.1) is 0 Å². The summed E-state index contributed by atoms with van der Waals surface area (Å²) in [5.41, 5.74) is 0.882. The molecule has 74 valence electrons. The van der Waals surface area contributed by atoms with Crippen LogP contribution in [0.1, 0.15) is 12.8 Å². The Hall–Kier alpha value is -0.825. The maximum atomic E-state index is 11.1. The monoisotopic (exact) mass is 211 g/mol. The molecule has 2 unspecified atom stereocenters. The molecular formula is C8H11BNO3P. The third kappa shape index (κ3) is 3.15. The molecule has 0 aromatic rings. The quantitative estimate of drug-likeness (QED) is 0.230. The van der Waals surface area contributed by atoms with E-state index in [0.29, 0.717) is 12.7 Å². The Morgan fingerprint density at radius 3 is 2.93 bits per heavy atom. The Bertz CT molecular complexity index is 303. The van der Waals surface area contributed by atoms with E-state index in [4.69, 9.17) is 0 Å². The molecule has 1 heterocycles. The van der Waals surface area contributed by atoms with Crippen molar-refractivity contribution in [1.29, 1.82) is 0 Å². The van der Waals surface area contributed by atoms with Crippen LogP contribution in [0.2, 0.25) is 6.32 Å². The van der Waals surface area contributed by atoms with Gasteiger partial charge in [-0.2, -0.15) is 0 Å². The van der Waals surface area contributed by atoms with E-state index in [2.05, 4.69) is 25.4 Å². The Morgan fingerprint density at radius 2 is 2.43 bits per heavy atom. The van der Waals surface area contributed by atoms with Gasteiger partial charge in [-0.1, -0.05) is 0 Å². The molecule has 0 radical (unpaired) electrons. The van der Waals surface area contributed by atoms with E-state index in [1.54, 1.807) is 7.07 Å². The van der Waals surface area contributed by atoms with Crippen LogP contribution in [-0.2, 0) is 14.3 Å². The number of carbonyl (C=O) groups excluding carboxylic acids is 2. The molecule has 0 aromatic heterocycles. The summed E-state index contributed by atoms with van der Waals surface area (Å²) in [7, 11) is 3.91. The summed E-state index contributed by atoms with van der Waals surface area (Å²) >= 11 is 0. The van der Waals surface area contributed by atoms with Crippen LogP contribution in [0.4, 0.5) is 0 Å². The van der Waals surface area contributed by atoms with Gasteiger partial charge in [-0.3, -0.25) is 0 Å². The zero-order valence-corrected chi connectivity index (χ0v) is 8.89. The molecule has 0 spiro atoms. The molecule has 0 bridgehead atoms. The third-order valence-corrected chi connectivity index (χ3v) is 2.19. The second-order valence-electron chi connectivity index (χ2n) is 3.18. The molecule has 1 fully saturated rings. The first kappa shape index (κ1) is 11.3. The number of ether oxygens (including phenoxy) is 1. The van der Waals surface area contributed by atoms with E-state index < -0.39 is 11.9 Å². The SMILES string of the molecule is C=C(CB=NP)CC1CC(=O)OC1=O. The molecule has 1 rings (SSSR count). The van der Waals surface area contributed by atoms with Crippen molar-refractivity contribution < 1.29 is 14.3 Å². The van der Waals surface area contributed by atoms with Crippen LogP contribution in [-0.4, -0.2) is 19.0 Å². The van der Waals surface area contributed by atoms with Crippen molar-refractivity contribution in [2.24, 2.45) is 10.6 Å². The van der Waals surface area contributed by atoms with Gasteiger partial charge in [0.05, 0.1) is 0 Å². The van der Waals surface area contributed by atoms with Gasteiger partial charge in [0.15, 0.2) is 0 Å². The van der Waals surface area contributed by atoms with Crippen LogP contribution >= 0.6 is 9.39 Å². The summed E-state index contributed by atoms with van der Waals surface area (Å²) in [6.07, 6.45) is 1.30. The molecule has 4 nitrogen and oxygen atoms in total. The van der Waals surface area contributed by atoms with Crippen LogP contribution in [0.3, 0.4) is 0 Å². The van der Waals surface area contributed by atoms with Crippen molar-refractivity contribution in [3.63, 3.8) is 0 Å². The number of hydrogen-bond donors (Lipinski definition) is 0. The fourth-order valence-corrected chi connectivity index (χ4v) is 1.40. The Balaban J connectivity index is 2.41. The number of hydrogen-bond acceptors (Lipinski definition) is 4. The number of esters is 2. The van der Waals surface area contributed by atoms with E-state index in [1.807, 2.05) is 0 Å². The van der Waals surface area contributed by atoms with E-state index in [-0.39, 0.29) is 12.3 Å². The summed E-state index contributed by atoms with van der Waals surface area (Å²) < 4.78 is 8.15. The molecule has 1 aliphatic heterocycles. The first-order valence-electron chi connectivity index (χ1n) is 4.26. The number of cyclic esters (lactones) is 2. The zero-order valence-electron chi connectivity index (χ0n) is 7.73. The summed E-state index contributed by atoms with van der Waals surface area (Å²) in [6.45, 7) is 3.80. The minimum atomic E-state index is -0.437. The summed E-state index contributed by atoms with van der Waals surface area (Å²) in [4.78, 5) is 21.8. The first-order valence-corrected chi connectivity index (χ1v) is 4.78. The van der Waals surface area contributed by atoms with E-state index in [9.17, 15) is 9.59 Å². The molecule has 0 amide bonds. The van der Waals surface area contributed by atoms with Crippen molar-refractivity contribution >= 4 is 28.4 Å². The normalized spacial score (nSPS) is 21.1. The van der Waals surface area contributed by atoms with E-state index in [0.717, 1.165) is 5.57 Å². The zero-order chi connectivity index (χ0) is 10.6. The maximum absolute atomic E-state index is 11.1. The second kappa shape index (κ2) is 5.15. The van der Waals surface area contributed by atoms with Gasteiger partial charge in [-0.05, 0) is 0 Å². The van der Waals surface area contributed by atoms with Gasteiger partial charge in [-0.25, -0.2) is 0 Å². The van der Waals surface area contributed by atoms with E-state index in [1.165, 1.54) is 0 Å². The molecular weight excluding hydrogens is 200 g/mol. The van der Waals surface area contributed by atoms with Crippen LogP contribution in [0.15, 0.2) is 16.8 Å². The van der Waals surface area contributed by atoms with Crippen molar-refractivity contribution in [2.75, 3.05) is 0 Å². The van der Waals surface area contributed by atoms with Crippen molar-refractivity contribution in [3.05, 3.63) is 12.2 Å². The Morgan fingerprint density at radius 1 is 1.71 bits per heavy atom. The van der Waals surface area contributed by atoms with Gasteiger partial charge < -0.3 is 0 Å². The average molecular weight is 211 g/mol. The fourth-order valence-electron chi connectivity index (χ4n) is 1.29. The Labute approximate surface area is 85.3 Å². The second-order valence-corrected chi connectivity index (χ2v) is 3.48. The first-order chi connectivity index (χ1) is 6.63. The van der Waals surface area contributed by atoms with Crippen LogP contribution in [0.5, 0.6) is 0 Å². The number of rotatable bonds is 4. The molecule has 1 aliphatic rings. The van der Waals surface area contributed by atoms with Crippen molar-refractivity contribution in [2.45, 2.75) is 19.2 Å². The molecule has 1 saturated heterocycles. The predicted octanol–water partition coefficient (Wildman–Crippen LogP) is 1.12. The summed E-state index contributed by atoms with van der Waals surface area (Å²) in [5.74, 6) is -1.21. The average Bonchev–Trinajstić information content (AvgIpc) is 2.42. The summed E-state index contributed by atoms with van der Waals surface area (Å²) in [5, 5.41) is 0. The van der Waals surface area contributed by atoms with Crippen molar-refractivity contribution in [3.8, 4) is 0 Å². The predicted molar refractivity (Wildman–Crippen MR) is 55.7 cm³/mol. The molecule has 6 heteroatoms. The van der Waals surface area contributed by atoms with Gasteiger partial charge in [0.25, 0.3) is 0 Å². The van der Waals surface area contributed by atoms with Crippen molar-refractivity contribution in [1.82, 2.24) is 0 Å². The molecule has 0 saturated carbocycles. The van der Waals surface area contributed by atoms with Crippen LogP contribution < -0.4 is 0 Å². The molecule has 0 aromatic carbocycles. The van der Waals surface area contributed by atoms with Crippen LogP contribution in [0.25, 0.3) is 0 Å².